The summed E-state index contributed by atoms with van der Waals surface area (Å²) in [4.78, 5) is 0. The zero-order valence-electron chi connectivity index (χ0n) is 18.9. The van der Waals surface area contributed by atoms with Crippen molar-refractivity contribution in [1.82, 2.24) is 0 Å². The minimum absolute atomic E-state index is 1.30. The third-order valence-electron chi connectivity index (χ3n) is 4.11. The second-order valence-corrected chi connectivity index (χ2v) is 6.32. The number of benzene rings is 3. The second kappa shape index (κ2) is 13.8. The van der Waals surface area contributed by atoms with Crippen molar-refractivity contribution < 1.29 is 0 Å². The van der Waals surface area contributed by atoms with Gasteiger partial charge in [0.05, 0.1) is 0 Å². The normalized spacial score (nSPS) is 8.93. The first kappa shape index (κ1) is 24.7. The van der Waals surface area contributed by atoms with Crippen molar-refractivity contribution in [2.45, 2.75) is 62.3 Å². The third-order valence-corrected chi connectivity index (χ3v) is 4.11. The predicted octanol–water partition coefficient (Wildman–Crippen LogP) is 8.63. The molecule has 0 aliphatic rings. The average Bonchev–Trinajstić information content (AvgIpc) is 2.71. The summed E-state index contributed by atoms with van der Waals surface area (Å²) in [5.41, 5.74) is 9.27. The van der Waals surface area contributed by atoms with Crippen LogP contribution in [0.15, 0.2) is 66.7 Å². The van der Waals surface area contributed by atoms with Crippen molar-refractivity contribution in [3.05, 3.63) is 94.5 Å². The lowest BCUT2D eigenvalue weighted by Crippen LogP contribution is -1.83. The molecule has 0 N–H and O–H groups in total. The van der Waals surface area contributed by atoms with Crippen LogP contribution in [-0.2, 0) is 0 Å². The molecule has 0 nitrogen and oxygen atoms in total. The molecule has 3 aromatic rings. The Bertz CT molecular complexity index is 726. The van der Waals surface area contributed by atoms with Gasteiger partial charge in [0.2, 0.25) is 0 Å². The maximum atomic E-state index is 2.25. The lowest BCUT2D eigenvalue weighted by atomic mass is 10.00. The fourth-order valence-electron chi connectivity index (χ4n) is 2.30. The van der Waals surface area contributed by atoms with Crippen LogP contribution in [0.5, 0.6) is 0 Å². The molecule has 0 heterocycles. The van der Waals surface area contributed by atoms with Crippen LogP contribution in [0.25, 0.3) is 11.1 Å². The van der Waals surface area contributed by atoms with E-state index in [2.05, 4.69) is 101 Å². The summed E-state index contributed by atoms with van der Waals surface area (Å²) >= 11 is 0. The quantitative estimate of drug-likeness (QED) is 0.406. The van der Waals surface area contributed by atoms with Gasteiger partial charge in [0, 0.05) is 0 Å². The molecule has 0 aliphatic carbocycles. The minimum Gasteiger partial charge on any atom is -0.0683 e. The zero-order chi connectivity index (χ0) is 20.8. The Morgan fingerprint density at radius 2 is 0.704 bits per heavy atom. The van der Waals surface area contributed by atoms with Crippen LogP contribution in [0.1, 0.15) is 55.5 Å². The van der Waals surface area contributed by atoms with Crippen LogP contribution in [-0.4, -0.2) is 0 Å². The first-order valence-corrected chi connectivity index (χ1v) is 10.1. The van der Waals surface area contributed by atoms with Gasteiger partial charge in [-0.15, -0.1) is 0 Å². The Kier molecular flexibility index (Phi) is 12.6. The van der Waals surface area contributed by atoms with E-state index in [1.54, 1.807) is 0 Å². The predicted molar refractivity (Wildman–Crippen MR) is 125 cm³/mol. The van der Waals surface area contributed by atoms with Gasteiger partial charge in [-0.3, -0.25) is 0 Å². The second-order valence-electron chi connectivity index (χ2n) is 6.32. The fourth-order valence-corrected chi connectivity index (χ4v) is 2.30. The molecule has 146 valence electrons. The summed E-state index contributed by atoms with van der Waals surface area (Å²) in [5.74, 6) is 0. The van der Waals surface area contributed by atoms with E-state index in [-0.39, 0.29) is 0 Å². The minimum atomic E-state index is 1.30. The Hall–Kier alpha value is -2.34. The van der Waals surface area contributed by atoms with Crippen LogP contribution in [0.2, 0.25) is 0 Å². The fraction of sp³-hybridized carbons (Fsp3) is 0.333. The van der Waals surface area contributed by atoms with E-state index < -0.39 is 0 Å². The van der Waals surface area contributed by atoms with Crippen molar-refractivity contribution in [2.24, 2.45) is 0 Å². The number of hydrogen-bond donors (Lipinski definition) is 0. The van der Waals surface area contributed by atoms with Gasteiger partial charge in [0.25, 0.3) is 0 Å². The molecule has 0 unspecified atom stereocenters. The summed E-state index contributed by atoms with van der Waals surface area (Å²) in [6, 6.07) is 23.8. The van der Waals surface area contributed by atoms with E-state index in [1.807, 2.05) is 27.7 Å². The molecule has 0 radical (unpaired) electrons. The van der Waals surface area contributed by atoms with Crippen LogP contribution in [0.3, 0.4) is 0 Å². The Morgan fingerprint density at radius 1 is 0.370 bits per heavy atom. The molecule has 3 rings (SSSR count). The van der Waals surface area contributed by atoms with Gasteiger partial charge in [-0.05, 0) is 56.9 Å². The Labute approximate surface area is 168 Å². The van der Waals surface area contributed by atoms with Crippen molar-refractivity contribution in [3.8, 4) is 11.1 Å². The number of aryl methyl sites for hydroxylation is 5. The highest BCUT2D eigenvalue weighted by Gasteiger charge is 1.98. The standard InChI is InChI=1S/C15H16.C8H10.2C2H6/c1-11-4-7-14(8-5-11)15-9-6-12(2)13(3)10-15;1-7-3-5-8(2)6-4-7;2*1-2/h4-10H,1-3H3;3-6H,1-2H3;2*1-2H3. The lowest BCUT2D eigenvalue weighted by Gasteiger charge is -2.05. The van der Waals surface area contributed by atoms with E-state index in [0.29, 0.717) is 0 Å². The van der Waals surface area contributed by atoms with Gasteiger partial charge < -0.3 is 0 Å². The Morgan fingerprint density at radius 3 is 1.07 bits per heavy atom. The maximum absolute atomic E-state index is 2.25. The van der Waals surface area contributed by atoms with Crippen LogP contribution < -0.4 is 0 Å². The largest absolute Gasteiger partial charge is 0.0683 e. The van der Waals surface area contributed by atoms with Gasteiger partial charge in [-0.2, -0.15) is 0 Å². The molecule has 0 atom stereocenters. The van der Waals surface area contributed by atoms with E-state index >= 15 is 0 Å². The van der Waals surface area contributed by atoms with Gasteiger partial charge in [-0.25, -0.2) is 0 Å². The van der Waals surface area contributed by atoms with Gasteiger partial charge >= 0.3 is 0 Å². The molecule has 0 bridgehead atoms. The summed E-state index contributed by atoms with van der Waals surface area (Å²) in [6.07, 6.45) is 0. The molecular formula is C27H38. The molecule has 0 saturated carbocycles. The van der Waals surface area contributed by atoms with Crippen molar-refractivity contribution >= 4 is 0 Å². The summed E-state index contributed by atoms with van der Waals surface area (Å²) in [7, 11) is 0. The molecule has 0 saturated heterocycles. The highest BCUT2D eigenvalue weighted by Crippen LogP contribution is 2.22. The monoisotopic (exact) mass is 362 g/mol. The molecule has 0 amide bonds. The van der Waals surface area contributed by atoms with Crippen LogP contribution in [0, 0.1) is 34.6 Å². The highest BCUT2D eigenvalue weighted by molar-refractivity contribution is 5.65. The molecule has 0 spiro atoms. The lowest BCUT2D eigenvalue weighted by molar-refractivity contribution is 1.34. The molecule has 3 aromatic carbocycles. The van der Waals surface area contributed by atoms with Crippen molar-refractivity contribution in [1.29, 1.82) is 0 Å². The van der Waals surface area contributed by atoms with E-state index in [4.69, 9.17) is 0 Å². The van der Waals surface area contributed by atoms with Crippen molar-refractivity contribution in [2.75, 3.05) is 0 Å². The van der Waals surface area contributed by atoms with Crippen LogP contribution in [0.4, 0.5) is 0 Å². The van der Waals surface area contributed by atoms with E-state index in [9.17, 15) is 0 Å². The number of hydrogen-bond acceptors (Lipinski definition) is 0. The summed E-state index contributed by atoms with van der Waals surface area (Å²) < 4.78 is 0. The highest BCUT2D eigenvalue weighted by atomic mass is 14.0. The van der Waals surface area contributed by atoms with Gasteiger partial charge in [0.1, 0.15) is 0 Å². The molecular weight excluding hydrogens is 324 g/mol. The van der Waals surface area contributed by atoms with E-state index in [0.717, 1.165) is 0 Å². The third kappa shape index (κ3) is 9.24. The topological polar surface area (TPSA) is 0 Å². The number of rotatable bonds is 1. The summed E-state index contributed by atoms with van der Waals surface area (Å²) in [6.45, 7) is 18.6. The zero-order valence-corrected chi connectivity index (χ0v) is 18.9. The molecule has 0 aliphatic heterocycles. The Balaban J connectivity index is 0.000000477. The SMILES string of the molecule is CC.CC.Cc1ccc(-c2ccc(C)c(C)c2)cc1.Cc1ccc(C)cc1. The van der Waals surface area contributed by atoms with Crippen molar-refractivity contribution in [3.63, 3.8) is 0 Å². The maximum Gasteiger partial charge on any atom is -0.0181 e. The van der Waals surface area contributed by atoms with E-state index in [1.165, 1.54) is 38.9 Å². The first-order chi connectivity index (χ1) is 13.0. The van der Waals surface area contributed by atoms with Crippen LogP contribution >= 0.6 is 0 Å². The summed E-state index contributed by atoms with van der Waals surface area (Å²) in [5, 5.41) is 0. The first-order valence-electron chi connectivity index (χ1n) is 10.1. The molecule has 0 fully saturated rings. The average molecular weight is 363 g/mol. The smallest absolute Gasteiger partial charge is 0.0181 e. The molecule has 0 aromatic heterocycles. The molecule has 0 heteroatoms. The van der Waals surface area contributed by atoms with Gasteiger partial charge in [-0.1, -0.05) is 111 Å². The van der Waals surface area contributed by atoms with Gasteiger partial charge in [0.15, 0.2) is 0 Å². The molecule has 27 heavy (non-hydrogen) atoms.